The fraction of sp³-hybridized carbons (Fsp3) is 0.478. The lowest BCUT2D eigenvalue weighted by atomic mass is 10.0. The van der Waals surface area contributed by atoms with E-state index in [0.717, 1.165) is 12.5 Å². The molecule has 0 saturated heterocycles. The monoisotopic (exact) mass is 368 g/mol. The van der Waals surface area contributed by atoms with Crippen molar-refractivity contribution < 1.29 is 10.2 Å². The molecule has 0 spiro atoms. The molecule has 2 nitrogen and oxygen atoms in total. The first-order chi connectivity index (χ1) is 12.4. The van der Waals surface area contributed by atoms with Crippen molar-refractivity contribution in [3.05, 3.63) is 60.7 Å². The first kappa shape index (κ1) is 19.3. The Morgan fingerprint density at radius 1 is 0.923 bits per heavy atom. The first-order valence-corrected chi connectivity index (χ1v) is 11.9. The van der Waals surface area contributed by atoms with Crippen molar-refractivity contribution in [3.8, 4) is 0 Å². The lowest BCUT2D eigenvalue weighted by Gasteiger charge is -2.45. The van der Waals surface area contributed by atoms with Gasteiger partial charge in [-0.25, -0.2) is 0 Å². The number of aliphatic hydroxyl groups is 2. The van der Waals surface area contributed by atoms with E-state index in [4.69, 9.17) is 0 Å². The fourth-order valence-electron chi connectivity index (χ4n) is 4.91. The van der Waals surface area contributed by atoms with Gasteiger partial charge in [0, 0.05) is 13.2 Å². The summed E-state index contributed by atoms with van der Waals surface area (Å²) >= 11 is 0. The number of aliphatic hydroxyl groups excluding tert-OH is 2. The molecule has 0 unspecified atom stereocenters. The highest BCUT2D eigenvalue weighted by molar-refractivity contribution is 7.04. The number of rotatable bonds is 7. The maximum Gasteiger partial charge on any atom is 0.123 e. The van der Waals surface area contributed by atoms with E-state index in [0.29, 0.717) is 12.3 Å². The Labute approximate surface area is 158 Å². The summed E-state index contributed by atoms with van der Waals surface area (Å²) in [7, 11) is -2.08. The van der Waals surface area contributed by atoms with Crippen molar-refractivity contribution in [1.82, 2.24) is 0 Å². The van der Waals surface area contributed by atoms with Crippen LogP contribution in [0.2, 0.25) is 11.1 Å². The van der Waals surface area contributed by atoms with E-state index in [1.165, 1.54) is 10.4 Å². The number of hydrogen-bond donors (Lipinski definition) is 2. The highest BCUT2D eigenvalue weighted by Gasteiger charge is 2.59. The molecule has 3 rings (SSSR count). The normalized spacial score (nSPS) is 23.0. The highest BCUT2D eigenvalue weighted by atomic mass is 28.3. The molecule has 1 aliphatic carbocycles. The molecule has 0 heterocycles. The minimum Gasteiger partial charge on any atom is -0.396 e. The maximum absolute atomic E-state index is 10.0. The molecule has 0 aromatic heterocycles. The molecule has 3 heteroatoms. The second-order valence-corrected chi connectivity index (χ2v) is 13.9. The van der Waals surface area contributed by atoms with Gasteiger partial charge in [-0.1, -0.05) is 91.8 Å². The summed E-state index contributed by atoms with van der Waals surface area (Å²) in [6, 6.07) is 23.2. The highest BCUT2D eigenvalue weighted by Crippen LogP contribution is 2.60. The predicted molar refractivity (Wildman–Crippen MR) is 112 cm³/mol. The van der Waals surface area contributed by atoms with Gasteiger partial charge in [-0.05, 0) is 35.3 Å². The topological polar surface area (TPSA) is 40.5 Å². The van der Waals surface area contributed by atoms with Gasteiger partial charge in [0.25, 0.3) is 0 Å². The van der Waals surface area contributed by atoms with Crippen LogP contribution in [0, 0.1) is 11.3 Å². The summed E-state index contributed by atoms with van der Waals surface area (Å²) in [5.74, 6) is 0.492. The van der Waals surface area contributed by atoms with Crippen LogP contribution in [0.25, 0.3) is 0 Å². The second kappa shape index (κ2) is 7.30. The molecule has 2 aromatic rings. The van der Waals surface area contributed by atoms with Gasteiger partial charge in [-0.3, -0.25) is 0 Å². The molecule has 26 heavy (non-hydrogen) atoms. The average Bonchev–Trinajstić information content (AvgIpc) is 3.33. The zero-order valence-corrected chi connectivity index (χ0v) is 17.3. The van der Waals surface area contributed by atoms with Gasteiger partial charge in [-0.2, -0.15) is 0 Å². The predicted octanol–water partition coefficient (Wildman–Crippen LogP) is 3.43. The lowest BCUT2D eigenvalue weighted by Crippen LogP contribution is -2.64. The molecular weight excluding hydrogens is 336 g/mol. The van der Waals surface area contributed by atoms with E-state index in [2.05, 4.69) is 81.4 Å². The van der Waals surface area contributed by atoms with E-state index in [9.17, 15) is 10.2 Å². The zero-order valence-electron chi connectivity index (χ0n) is 16.3. The Balaban J connectivity index is 2.10. The van der Waals surface area contributed by atoms with Gasteiger partial charge < -0.3 is 10.2 Å². The molecular formula is C23H32O2Si. The molecule has 140 valence electrons. The first-order valence-electron chi connectivity index (χ1n) is 9.72. The van der Waals surface area contributed by atoms with Crippen molar-refractivity contribution >= 4 is 18.4 Å². The Bertz CT molecular complexity index is 668. The molecule has 2 aromatic carbocycles. The van der Waals surface area contributed by atoms with Crippen LogP contribution < -0.4 is 10.4 Å². The third-order valence-corrected chi connectivity index (χ3v) is 13.0. The largest absolute Gasteiger partial charge is 0.396 e. The van der Waals surface area contributed by atoms with Gasteiger partial charge in [-0.15, -0.1) is 0 Å². The molecule has 0 radical (unpaired) electrons. The van der Waals surface area contributed by atoms with Gasteiger partial charge in [0.05, 0.1) is 0 Å². The summed E-state index contributed by atoms with van der Waals surface area (Å²) in [5.41, 5.74) is -0.0676. The molecule has 0 bridgehead atoms. The number of hydrogen-bond acceptors (Lipinski definition) is 2. The SMILES string of the molecule is CC(C)(C)[Si](C[C@H]1C[C@]1(CO)CCO)(c1ccccc1)c1ccccc1. The van der Waals surface area contributed by atoms with Crippen LogP contribution in [0.1, 0.15) is 33.6 Å². The van der Waals surface area contributed by atoms with Gasteiger partial charge in [0.1, 0.15) is 8.07 Å². The minimum atomic E-state index is -2.08. The zero-order chi connectivity index (χ0) is 18.8. The van der Waals surface area contributed by atoms with Crippen LogP contribution in [-0.4, -0.2) is 31.5 Å². The Morgan fingerprint density at radius 2 is 1.42 bits per heavy atom. The van der Waals surface area contributed by atoms with Crippen molar-refractivity contribution in [3.63, 3.8) is 0 Å². The van der Waals surface area contributed by atoms with E-state index >= 15 is 0 Å². The quantitative estimate of drug-likeness (QED) is 0.735. The van der Waals surface area contributed by atoms with Crippen LogP contribution in [0.5, 0.6) is 0 Å². The number of benzene rings is 2. The smallest absolute Gasteiger partial charge is 0.123 e. The third kappa shape index (κ3) is 3.28. The van der Waals surface area contributed by atoms with Crippen LogP contribution in [0.4, 0.5) is 0 Å². The molecule has 1 saturated carbocycles. The molecule has 0 amide bonds. The lowest BCUT2D eigenvalue weighted by molar-refractivity contribution is 0.159. The summed E-state index contributed by atoms with van der Waals surface area (Å²) < 4.78 is 0. The van der Waals surface area contributed by atoms with E-state index in [1.807, 2.05) is 0 Å². The maximum atomic E-state index is 10.0. The van der Waals surface area contributed by atoms with Gasteiger partial charge >= 0.3 is 0 Å². The third-order valence-electron chi connectivity index (χ3n) is 6.65. The van der Waals surface area contributed by atoms with E-state index < -0.39 is 8.07 Å². The van der Waals surface area contributed by atoms with Gasteiger partial charge in [0.15, 0.2) is 0 Å². The minimum absolute atomic E-state index is 0.0676. The average molecular weight is 369 g/mol. The standard InChI is InChI=1S/C23H32O2Si/c1-22(2,3)26(20-10-6-4-7-11-20,21-12-8-5-9-13-21)17-19-16-23(19,18-25)14-15-24/h4-13,19,24-25H,14-18H2,1-3H3/t19-,23+/m1/s1. The summed E-state index contributed by atoms with van der Waals surface area (Å²) in [4.78, 5) is 0. The van der Waals surface area contributed by atoms with Gasteiger partial charge in [0.2, 0.25) is 0 Å². The van der Waals surface area contributed by atoms with Crippen molar-refractivity contribution in [1.29, 1.82) is 0 Å². The molecule has 2 atom stereocenters. The molecule has 2 N–H and O–H groups in total. The van der Waals surface area contributed by atoms with Crippen molar-refractivity contribution in [2.24, 2.45) is 11.3 Å². The van der Waals surface area contributed by atoms with E-state index in [-0.39, 0.29) is 23.7 Å². The summed E-state index contributed by atoms with van der Waals surface area (Å²) in [6.07, 6.45) is 1.75. The van der Waals surface area contributed by atoms with Crippen LogP contribution >= 0.6 is 0 Å². The second-order valence-electron chi connectivity index (χ2n) is 8.99. The van der Waals surface area contributed by atoms with E-state index in [1.54, 1.807) is 0 Å². The fourth-order valence-corrected chi connectivity index (χ4v) is 10.9. The molecule has 0 aliphatic heterocycles. The summed E-state index contributed by atoms with van der Waals surface area (Å²) in [5, 5.41) is 22.6. The van der Waals surface area contributed by atoms with Crippen LogP contribution in [-0.2, 0) is 0 Å². The Morgan fingerprint density at radius 3 is 1.81 bits per heavy atom. The Hall–Kier alpha value is -1.42. The van der Waals surface area contributed by atoms with Crippen LogP contribution in [0.3, 0.4) is 0 Å². The Kier molecular flexibility index (Phi) is 5.43. The molecule has 1 fully saturated rings. The summed E-state index contributed by atoms with van der Waals surface area (Å²) in [6.45, 7) is 7.51. The van der Waals surface area contributed by atoms with Crippen molar-refractivity contribution in [2.75, 3.05) is 13.2 Å². The van der Waals surface area contributed by atoms with Crippen molar-refractivity contribution in [2.45, 2.75) is 44.7 Å². The molecule has 1 aliphatic rings. The van der Waals surface area contributed by atoms with Crippen LogP contribution in [0.15, 0.2) is 60.7 Å².